The molecule has 1 unspecified atom stereocenters. The summed E-state index contributed by atoms with van der Waals surface area (Å²) in [7, 11) is 0. The monoisotopic (exact) mass is 431 g/mol. The quantitative estimate of drug-likeness (QED) is 0.283. The van der Waals surface area contributed by atoms with Crippen molar-refractivity contribution >= 4 is 37.7 Å². The highest BCUT2D eigenvalue weighted by Crippen LogP contribution is 2.42. The molecular weight excluding hydrogens is 406 g/mol. The Kier molecular flexibility index (Phi) is 4.93. The smallest absolute Gasteiger partial charge is 0.0494 e. The second-order valence-electron chi connectivity index (χ2n) is 8.10. The predicted molar refractivity (Wildman–Crippen MR) is 125 cm³/mol. The fraction of sp³-hybridized carbons (Fsp3) is 0.231. The normalized spacial score (nSPS) is 13.1. The summed E-state index contributed by atoms with van der Waals surface area (Å²) in [6.07, 6.45) is 2.87. The molecule has 1 atom stereocenters. The summed E-state index contributed by atoms with van der Waals surface area (Å²) >= 11 is 3.68. The Hall–Kier alpha value is -2.32. The molecule has 28 heavy (non-hydrogen) atoms. The Morgan fingerprint density at radius 3 is 2.11 bits per heavy atom. The van der Waals surface area contributed by atoms with E-state index < -0.39 is 0 Å². The van der Waals surface area contributed by atoms with E-state index in [2.05, 4.69) is 115 Å². The molecule has 1 nitrogen and oxygen atoms in total. The van der Waals surface area contributed by atoms with Gasteiger partial charge in [0.15, 0.2) is 0 Å². The van der Waals surface area contributed by atoms with Gasteiger partial charge in [0.1, 0.15) is 0 Å². The lowest BCUT2D eigenvalue weighted by molar-refractivity contribution is 0.352. The lowest BCUT2D eigenvalue weighted by Gasteiger charge is -2.36. The summed E-state index contributed by atoms with van der Waals surface area (Å²) in [4.78, 5) is 0. The van der Waals surface area contributed by atoms with Crippen LogP contribution in [0.2, 0.25) is 0 Å². The van der Waals surface area contributed by atoms with E-state index in [-0.39, 0.29) is 11.5 Å². The van der Waals surface area contributed by atoms with Crippen molar-refractivity contribution < 1.29 is 0 Å². The number of aromatic nitrogens is 1. The van der Waals surface area contributed by atoms with Crippen LogP contribution in [0.3, 0.4) is 0 Å². The third kappa shape index (κ3) is 3.00. The van der Waals surface area contributed by atoms with Gasteiger partial charge >= 0.3 is 0 Å². The number of hydrogen-bond donors (Lipinski definition) is 0. The number of hydrogen-bond acceptors (Lipinski definition) is 0. The van der Waals surface area contributed by atoms with E-state index in [1.807, 2.05) is 6.08 Å². The molecule has 142 valence electrons. The molecule has 0 amide bonds. The largest absolute Gasteiger partial charge is 0.337 e. The van der Waals surface area contributed by atoms with Crippen molar-refractivity contribution in [1.82, 2.24) is 4.57 Å². The molecule has 0 aliphatic heterocycles. The van der Waals surface area contributed by atoms with Gasteiger partial charge in [-0.05, 0) is 48.7 Å². The van der Waals surface area contributed by atoms with Crippen molar-refractivity contribution in [3.8, 4) is 0 Å². The van der Waals surface area contributed by atoms with Crippen LogP contribution in [0.25, 0.3) is 21.8 Å². The number of benzene rings is 3. The third-order valence-electron chi connectivity index (χ3n) is 6.18. The molecule has 0 aliphatic carbocycles. The minimum absolute atomic E-state index is 0.0628. The highest BCUT2D eigenvalue weighted by molar-refractivity contribution is 9.10. The molecule has 0 spiro atoms. The molecule has 0 aliphatic rings. The van der Waals surface area contributed by atoms with Crippen LogP contribution in [0.4, 0.5) is 0 Å². The molecule has 2 heteroatoms. The molecule has 0 saturated carbocycles. The van der Waals surface area contributed by atoms with Crippen molar-refractivity contribution in [2.24, 2.45) is 0 Å². The predicted octanol–water partition coefficient (Wildman–Crippen LogP) is 7.82. The average molecular weight is 432 g/mol. The van der Waals surface area contributed by atoms with Crippen LogP contribution in [0.15, 0.2) is 83.9 Å². The van der Waals surface area contributed by atoms with Crippen LogP contribution in [0.1, 0.15) is 37.9 Å². The lowest BCUT2D eigenvalue weighted by atomic mass is 9.75. The highest BCUT2D eigenvalue weighted by Gasteiger charge is 2.33. The van der Waals surface area contributed by atoms with Gasteiger partial charge in [-0.3, -0.25) is 0 Å². The van der Waals surface area contributed by atoms with E-state index in [0.717, 1.165) is 10.9 Å². The maximum absolute atomic E-state index is 3.96. The minimum atomic E-state index is -0.0628. The molecule has 0 fully saturated rings. The summed E-state index contributed by atoms with van der Waals surface area (Å²) in [5.41, 5.74) is 5.24. The van der Waals surface area contributed by atoms with Gasteiger partial charge in [0.2, 0.25) is 0 Å². The second kappa shape index (κ2) is 7.25. The molecule has 0 N–H and O–H groups in total. The van der Waals surface area contributed by atoms with Crippen LogP contribution in [-0.2, 0) is 11.8 Å². The van der Waals surface area contributed by atoms with Crippen molar-refractivity contribution in [2.75, 3.05) is 0 Å². The summed E-state index contributed by atoms with van der Waals surface area (Å²) in [6, 6.07) is 24.4. The van der Waals surface area contributed by atoms with E-state index >= 15 is 0 Å². The number of fused-ring (bicyclic) bond motifs is 3. The van der Waals surface area contributed by atoms with E-state index in [4.69, 9.17) is 0 Å². The van der Waals surface area contributed by atoms with E-state index in [0.29, 0.717) is 0 Å². The third-order valence-corrected chi connectivity index (χ3v) is 6.67. The molecule has 0 radical (unpaired) electrons. The fourth-order valence-electron chi connectivity index (χ4n) is 4.40. The minimum Gasteiger partial charge on any atom is -0.337 e. The van der Waals surface area contributed by atoms with Gasteiger partial charge in [-0.2, -0.15) is 0 Å². The van der Waals surface area contributed by atoms with Gasteiger partial charge in [0.05, 0.1) is 0 Å². The Labute approximate surface area is 175 Å². The van der Waals surface area contributed by atoms with Gasteiger partial charge in [-0.1, -0.05) is 78.3 Å². The standard InChI is InChI=1S/C26H26BrN/c1-5-10-19-15-16-20(27)17-23(19)26(3,4)18(2)28-24-13-8-6-11-21(24)22-12-7-9-14-25(22)28/h5-9,11-18H,1,10H2,2-4H3. The molecule has 0 saturated heterocycles. The molecule has 0 bridgehead atoms. The Bertz CT molecular complexity index is 1110. The highest BCUT2D eigenvalue weighted by atomic mass is 79.9. The van der Waals surface area contributed by atoms with E-state index in [9.17, 15) is 0 Å². The Morgan fingerprint density at radius 2 is 1.54 bits per heavy atom. The van der Waals surface area contributed by atoms with Crippen LogP contribution < -0.4 is 0 Å². The zero-order valence-corrected chi connectivity index (χ0v) is 18.3. The Balaban J connectivity index is 1.95. The van der Waals surface area contributed by atoms with Gasteiger partial charge in [-0.15, -0.1) is 6.58 Å². The van der Waals surface area contributed by atoms with E-state index in [1.165, 1.54) is 32.9 Å². The van der Waals surface area contributed by atoms with Crippen molar-refractivity contribution in [1.29, 1.82) is 0 Å². The molecule has 4 aromatic rings. The number of allylic oxidation sites excluding steroid dienone is 1. The van der Waals surface area contributed by atoms with Crippen molar-refractivity contribution in [3.63, 3.8) is 0 Å². The molecule has 1 aromatic heterocycles. The van der Waals surface area contributed by atoms with Crippen LogP contribution in [0.5, 0.6) is 0 Å². The summed E-state index contributed by atoms with van der Waals surface area (Å²) in [5, 5.41) is 2.64. The van der Waals surface area contributed by atoms with Gasteiger partial charge in [-0.25, -0.2) is 0 Å². The average Bonchev–Trinajstić information content (AvgIpc) is 3.03. The van der Waals surface area contributed by atoms with Gasteiger partial charge < -0.3 is 4.57 Å². The van der Waals surface area contributed by atoms with E-state index in [1.54, 1.807) is 0 Å². The van der Waals surface area contributed by atoms with Crippen molar-refractivity contribution in [2.45, 2.75) is 38.6 Å². The molecule has 3 aromatic carbocycles. The summed E-state index contributed by atoms with van der Waals surface area (Å²) < 4.78 is 3.64. The maximum atomic E-state index is 3.96. The number of rotatable bonds is 5. The number of halogens is 1. The zero-order valence-electron chi connectivity index (χ0n) is 16.7. The van der Waals surface area contributed by atoms with Crippen LogP contribution in [-0.4, -0.2) is 4.57 Å². The fourth-order valence-corrected chi connectivity index (χ4v) is 4.76. The molecule has 4 rings (SSSR count). The zero-order chi connectivity index (χ0) is 19.9. The number of para-hydroxylation sites is 2. The molecule has 1 heterocycles. The molecular formula is C26H26BrN. The summed E-state index contributed by atoms with van der Waals surface area (Å²) in [5.74, 6) is 0. The SMILES string of the molecule is C=CCc1ccc(Br)cc1C(C)(C)C(C)n1c2ccccc2c2ccccc21. The first kappa shape index (κ1) is 19.0. The Morgan fingerprint density at radius 1 is 0.964 bits per heavy atom. The topological polar surface area (TPSA) is 4.93 Å². The van der Waals surface area contributed by atoms with Gasteiger partial charge in [0, 0.05) is 37.7 Å². The van der Waals surface area contributed by atoms with Crippen LogP contribution in [0, 0.1) is 0 Å². The number of nitrogens with zero attached hydrogens (tertiary/aromatic N) is 1. The first-order chi connectivity index (χ1) is 13.4. The summed E-state index contributed by atoms with van der Waals surface area (Å²) in [6.45, 7) is 11.0. The first-order valence-corrected chi connectivity index (χ1v) is 10.6. The van der Waals surface area contributed by atoms with Crippen molar-refractivity contribution in [3.05, 3.63) is 95.0 Å². The van der Waals surface area contributed by atoms with Gasteiger partial charge in [0.25, 0.3) is 0 Å². The maximum Gasteiger partial charge on any atom is 0.0494 e. The second-order valence-corrected chi connectivity index (χ2v) is 9.01. The lowest BCUT2D eigenvalue weighted by Crippen LogP contribution is -2.30. The van der Waals surface area contributed by atoms with Crippen LogP contribution >= 0.6 is 15.9 Å². The first-order valence-electron chi connectivity index (χ1n) is 9.82.